The lowest BCUT2D eigenvalue weighted by Crippen LogP contribution is -2.62. The van der Waals surface area contributed by atoms with Gasteiger partial charge < -0.3 is 19.7 Å². The molecule has 3 aliphatic rings. The normalized spacial score (nSPS) is 35.4. The van der Waals surface area contributed by atoms with Crippen molar-refractivity contribution in [3.8, 4) is 0 Å². The zero-order valence-corrected chi connectivity index (χ0v) is 14.9. The van der Waals surface area contributed by atoms with E-state index in [9.17, 15) is 4.79 Å². The molecule has 0 spiro atoms. The quantitative estimate of drug-likeness (QED) is 0.833. The van der Waals surface area contributed by atoms with E-state index in [0.717, 1.165) is 26.3 Å². The second kappa shape index (κ2) is 6.57. The van der Waals surface area contributed by atoms with Gasteiger partial charge in [-0.3, -0.25) is 4.90 Å². The van der Waals surface area contributed by atoms with Gasteiger partial charge in [-0.25, -0.2) is 4.79 Å². The summed E-state index contributed by atoms with van der Waals surface area (Å²) in [7, 11) is 0. The van der Waals surface area contributed by atoms with Crippen LogP contribution in [0.5, 0.6) is 0 Å². The molecule has 1 N–H and O–H groups in total. The van der Waals surface area contributed by atoms with Gasteiger partial charge in [0.2, 0.25) is 0 Å². The van der Waals surface area contributed by atoms with Crippen molar-refractivity contribution in [2.45, 2.75) is 70.3 Å². The number of piperazine rings is 1. The average Bonchev–Trinajstić information content (AvgIpc) is 2.69. The molecule has 0 saturated carbocycles. The molecule has 1 amide bonds. The van der Waals surface area contributed by atoms with Crippen molar-refractivity contribution in [1.29, 1.82) is 0 Å². The Bertz CT molecular complexity index is 421. The van der Waals surface area contributed by atoms with Crippen molar-refractivity contribution in [3.05, 3.63) is 0 Å². The van der Waals surface area contributed by atoms with Crippen molar-refractivity contribution in [2.75, 3.05) is 32.8 Å². The number of amides is 1. The van der Waals surface area contributed by atoms with Crippen LogP contribution in [-0.2, 0) is 9.47 Å². The van der Waals surface area contributed by atoms with E-state index in [0.29, 0.717) is 24.7 Å². The molecule has 3 heterocycles. The van der Waals surface area contributed by atoms with Crippen LogP contribution in [0.3, 0.4) is 0 Å². The van der Waals surface area contributed by atoms with Crippen molar-refractivity contribution >= 4 is 6.09 Å². The number of rotatable bonds is 2. The minimum absolute atomic E-state index is 0.169. The number of carbonyl (C=O) groups is 1. The van der Waals surface area contributed by atoms with E-state index < -0.39 is 5.60 Å². The number of carbonyl (C=O) groups excluding carboxylic acids is 1. The fourth-order valence-electron chi connectivity index (χ4n) is 3.89. The zero-order valence-electron chi connectivity index (χ0n) is 14.9. The SMILES string of the molecule is C[C@@H]1CN[C@@H](CN2C3CCC2COC3)CN1C(=O)OC(C)(C)C. The summed E-state index contributed by atoms with van der Waals surface area (Å²) in [6.45, 7) is 12.1. The first kappa shape index (κ1) is 17.0. The summed E-state index contributed by atoms with van der Waals surface area (Å²) in [5, 5.41) is 3.60. The molecular weight excluding hydrogens is 294 g/mol. The number of ether oxygens (including phenoxy) is 2. The van der Waals surface area contributed by atoms with Crippen LogP contribution in [-0.4, -0.2) is 78.5 Å². The van der Waals surface area contributed by atoms with Crippen LogP contribution in [0.1, 0.15) is 40.5 Å². The van der Waals surface area contributed by atoms with Gasteiger partial charge in [-0.05, 0) is 40.5 Å². The Morgan fingerprint density at radius 2 is 1.91 bits per heavy atom. The van der Waals surface area contributed by atoms with Gasteiger partial charge in [0.05, 0.1) is 13.2 Å². The van der Waals surface area contributed by atoms with Gasteiger partial charge >= 0.3 is 6.09 Å². The first-order valence-corrected chi connectivity index (χ1v) is 8.90. The predicted molar refractivity (Wildman–Crippen MR) is 88.5 cm³/mol. The Balaban J connectivity index is 1.58. The maximum atomic E-state index is 12.4. The zero-order chi connectivity index (χ0) is 16.6. The Kier molecular flexibility index (Phi) is 4.85. The molecule has 0 aromatic rings. The van der Waals surface area contributed by atoms with Gasteiger partial charge in [0.1, 0.15) is 5.60 Å². The van der Waals surface area contributed by atoms with Crippen LogP contribution in [0.4, 0.5) is 4.79 Å². The van der Waals surface area contributed by atoms with E-state index in [-0.39, 0.29) is 12.1 Å². The third kappa shape index (κ3) is 3.98. The number of fused-ring (bicyclic) bond motifs is 2. The van der Waals surface area contributed by atoms with Gasteiger partial charge in [-0.2, -0.15) is 0 Å². The number of nitrogens with one attached hydrogen (secondary N) is 1. The summed E-state index contributed by atoms with van der Waals surface area (Å²) < 4.78 is 11.2. The lowest BCUT2D eigenvalue weighted by atomic mass is 10.1. The van der Waals surface area contributed by atoms with Gasteiger partial charge in [0, 0.05) is 43.8 Å². The molecule has 3 rings (SSSR count). The summed E-state index contributed by atoms with van der Waals surface area (Å²) >= 11 is 0. The molecule has 0 radical (unpaired) electrons. The highest BCUT2D eigenvalue weighted by Crippen LogP contribution is 2.29. The first-order chi connectivity index (χ1) is 10.8. The summed E-state index contributed by atoms with van der Waals surface area (Å²) in [5.74, 6) is 0. The van der Waals surface area contributed by atoms with E-state index in [1.165, 1.54) is 12.8 Å². The highest BCUT2D eigenvalue weighted by Gasteiger charge is 2.40. The fraction of sp³-hybridized carbons (Fsp3) is 0.941. The molecule has 4 atom stereocenters. The van der Waals surface area contributed by atoms with Crippen LogP contribution in [0.25, 0.3) is 0 Å². The Morgan fingerprint density at radius 3 is 2.52 bits per heavy atom. The number of morpholine rings is 1. The molecule has 6 nitrogen and oxygen atoms in total. The molecule has 0 aromatic heterocycles. The summed E-state index contributed by atoms with van der Waals surface area (Å²) in [4.78, 5) is 16.9. The molecule has 3 fully saturated rings. The lowest BCUT2D eigenvalue weighted by molar-refractivity contribution is -0.0263. The smallest absolute Gasteiger partial charge is 0.410 e. The second-order valence-corrected chi connectivity index (χ2v) is 8.21. The molecule has 132 valence electrons. The molecule has 23 heavy (non-hydrogen) atoms. The standard InChI is InChI=1S/C17H31N3O3/c1-12-7-18-13(8-19(12)16(21)23-17(2,3)4)9-20-14-5-6-15(20)11-22-10-14/h12-15,18H,5-11H2,1-4H3/t12-,13-,14?,15?/m1/s1. The van der Waals surface area contributed by atoms with Crippen LogP contribution in [0.15, 0.2) is 0 Å². The molecule has 2 unspecified atom stereocenters. The topological polar surface area (TPSA) is 54.0 Å². The monoisotopic (exact) mass is 325 g/mol. The van der Waals surface area contributed by atoms with Gasteiger partial charge in [-0.15, -0.1) is 0 Å². The molecule has 0 aromatic carbocycles. The highest BCUT2D eigenvalue weighted by molar-refractivity contribution is 5.68. The molecule has 0 aliphatic carbocycles. The molecule has 3 saturated heterocycles. The largest absolute Gasteiger partial charge is 0.444 e. The maximum Gasteiger partial charge on any atom is 0.410 e. The summed E-state index contributed by atoms with van der Waals surface area (Å²) in [5.41, 5.74) is -0.444. The van der Waals surface area contributed by atoms with Crippen molar-refractivity contribution < 1.29 is 14.3 Å². The number of hydrogen-bond donors (Lipinski definition) is 1. The molecule has 6 heteroatoms. The predicted octanol–water partition coefficient (Wildman–Crippen LogP) is 1.45. The second-order valence-electron chi connectivity index (χ2n) is 8.21. The average molecular weight is 325 g/mol. The Hall–Kier alpha value is -0.850. The maximum absolute atomic E-state index is 12.4. The number of nitrogens with zero attached hydrogens (tertiary/aromatic N) is 2. The lowest BCUT2D eigenvalue weighted by Gasteiger charge is -2.43. The third-order valence-corrected chi connectivity index (χ3v) is 5.10. The minimum atomic E-state index is -0.444. The Morgan fingerprint density at radius 1 is 1.26 bits per heavy atom. The van der Waals surface area contributed by atoms with E-state index in [1.54, 1.807) is 0 Å². The Labute approximate surface area is 139 Å². The van der Waals surface area contributed by atoms with Crippen LogP contribution in [0.2, 0.25) is 0 Å². The summed E-state index contributed by atoms with van der Waals surface area (Å²) in [6, 6.07) is 1.59. The van der Waals surface area contributed by atoms with E-state index in [2.05, 4.69) is 17.1 Å². The van der Waals surface area contributed by atoms with E-state index in [1.807, 2.05) is 25.7 Å². The van der Waals surface area contributed by atoms with Crippen molar-refractivity contribution in [3.63, 3.8) is 0 Å². The van der Waals surface area contributed by atoms with Gasteiger partial charge in [0.25, 0.3) is 0 Å². The third-order valence-electron chi connectivity index (χ3n) is 5.10. The minimum Gasteiger partial charge on any atom is -0.444 e. The van der Waals surface area contributed by atoms with Gasteiger partial charge in [0.15, 0.2) is 0 Å². The van der Waals surface area contributed by atoms with Crippen LogP contribution >= 0.6 is 0 Å². The molecule has 2 bridgehead atoms. The van der Waals surface area contributed by atoms with Crippen molar-refractivity contribution in [1.82, 2.24) is 15.1 Å². The van der Waals surface area contributed by atoms with Crippen LogP contribution < -0.4 is 5.32 Å². The van der Waals surface area contributed by atoms with Gasteiger partial charge in [-0.1, -0.05) is 0 Å². The van der Waals surface area contributed by atoms with E-state index >= 15 is 0 Å². The summed E-state index contributed by atoms with van der Waals surface area (Å²) in [6.07, 6.45) is 2.29. The number of hydrogen-bond acceptors (Lipinski definition) is 5. The molecule has 3 aliphatic heterocycles. The van der Waals surface area contributed by atoms with Crippen LogP contribution in [0, 0.1) is 0 Å². The fourth-order valence-corrected chi connectivity index (χ4v) is 3.89. The van der Waals surface area contributed by atoms with E-state index in [4.69, 9.17) is 9.47 Å². The van der Waals surface area contributed by atoms with Crippen molar-refractivity contribution in [2.24, 2.45) is 0 Å². The molecular formula is C17H31N3O3. The first-order valence-electron chi connectivity index (χ1n) is 8.90. The highest BCUT2D eigenvalue weighted by atomic mass is 16.6.